The van der Waals surface area contributed by atoms with Crippen LogP contribution in [0.15, 0.2) is 47.5 Å². The molecule has 4 nitrogen and oxygen atoms in total. The molecule has 0 saturated heterocycles. The third kappa shape index (κ3) is 3.01. The van der Waals surface area contributed by atoms with Gasteiger partial charge in [-0.2, -0.15) is 0 Å². The second-order valence-corrected chi connectivity index (χ2v) is 4.35. The van der Waals surface area contributed by atoms with E-state index in [1.807, 2.05) is 18.4 Å². The lowest BCUT2D eigenvalue weighted by atomic mass is 10.2. The van der Waals surface area contributed by atoms with Gasteiger partial charge < -0.3 is 9.84 Å². The molecule has 2 rings (SSSR count). The van der Waals surface area contributed by atoms with Crippen LogP contribution in [0.1, 0.15) is 10.4 Å². The van der Waals surface area contributed by atoms with Crippen LogP contribution >= 0.6 is 11.8 Å². The van der Waals surface area contributed by atoms with Crippen molar-refractivity contribution in [3.05, 3.63) is 48.2 Å². The van der Waals surface area contributed by atoms with Gasteiger partial charge in [-0.25, -0.2) is 9.78 Å². The van der Waals surface area contributed by atoms with Crippen molar-refractivity contribution in [2.24, 2.45) is 0 Å². The minimum atomic E-state index is -0.955. The third-order valence-electron chi connectivity index (χ3n) is 2.27. The fourth-order valence-corrected chi connectivity index (χ4v) is 1.78. The van der Waals surface area contributed by atoms with Gasteiger partial charge in [-0.3, -0.25) is 0 Å². The summed E-state index contributed by atoms with van der Waals surface area (Å²) >= 11 is 1.60. The maximum absolute atomic E-state index is 10.7. The summed E-state index contributed by atoms with van der Waals surface area (Å²) in [6.07, 6.45) is 3.65. The van der Waals surface area contributed by atoms with E-state index < -0.39 is 5.97 Å². The molecule has 0 radical (unpaired) electrons. The van der Waals surface area contributed by atoms with Gasteiger partial charge in [-0.1, -0.05) is 0 Å². The highest BCUT2D eigenvalue weighted by Crippen LogP contribution is 2.23. The molecule has 1 N–H and O–H groups in total. The van der Waals surface area contributed by atoms with E-state index in [-0.39, 0.29) is 5.56 Å². The summed E-state index contributed by atoms with van der Waals surface area (Å²) in [6, 6.07) is 9.93. The van der Waals surface area contributed by atoms with Crippen LogP contribution in [0.25, 0.3) is 0 Å². The summed E-state index contributed by atoms with van der Waals surface area (Å²) in [5, 5.41) is 8.78. The molecule has 0 bridgehead atoms. The lowest BCUT2D eigenvalue weighted by Crippen LogP contribution is -1.95. The number of carboxylic acid groups (broad SMARTS) is 1. The Kier molecular flexibility index (Phi) is 3.84. The maximum atomic E-state index is 10.7. The molecule has 0 aliphatic carbocycles. The number of aromatic nitrogens is 1. The van der Waals surface area contributed by atoms with Crippen LogP contribution in [0, 0.1) is 0 Å². The average molecular weight is 261 g/mol. The number of ether oxygens (including phenoxy) is 1. The summed E-state index contributed by atoms with van der Waals surface area (Å²) < 4.78 is 5.54. The molecule has 0 aliphatic heterocycles. The zero-order chi connectivity index (χ0) is 13.0. The Balaban J connectivity index is 2.15. The summed E-state index contributed by atoms with van der Waals surface area (Å²) in [4.78, 5) is 15.8. The lowest BCUT2D eigenvalue weighted by molar-refractivity contribution is 0.0697. The van der Waals surface area contributed by atoms with Gasteiger partial charge in [0.05, 0.1) is 5.56 Å². The van der Waals surface area contributed by atoms with Crippen molar-refractivity contribution in [3.8, 4) is 11.6 Å². The fraction of sp³-hybridized carbons (Fsp3) is 0.0769. The van der Waals surface area contributed by atoms with Gasteiger partial charge in [-0.05, 0) is 36.6 Å². The van der Waals surface area contributed by atoms with E-state index in [9.17, 15) is 4.79 Å². The van der Waals surface area contributed by atoms with Crippen LogP contribution in [-0.2, 0) is 0 Å². The van der Waals surface area contributed by atoms with Crippen LogP contribution in [0.3, 0.4) is 0 Å². The zero-order valence-corrected chi connectivity index (χ0v) is 10.5. The third-order valence-corrected chi connectivity index (χ3v) is 2.99. The van der Waals surface area contributed by atoms with Crippen molar-refractivity contribution in [2.75, 3.05) is 6.26 Å². The molecule has 18 heavy (non-hydrogen) atoms. The van der Waals surface area contributed by atoms with Crippen molar-refractivity contribution in [1.29, 1.82) is 0 Å². The molecule has 5 heteroatoms. The number of benzene rings is 1. The summed E-state index contributed by atoms with van der Waals surface area (Å²) in [5.41, 5.74) is 0.230. The van der Waals surface area contributed by atoms with E-state index in [1.54, 1.807) is 30.1 Å². The highest BCUT2D eigenvalue weighted by Gasteiger charge is 2.04. The molecule has 2 aromatic rings. The largest absolute Gasteiger partial charge is 0.478 e. The second-order valence-electron chi connectivity index (χ2n) is 3.47. The first kappa shape index (κ1) is 12.4. The predicted octanol–water partition coefficient (Wildman–Crippen LogP) is 3.29. The van der Waals surface area contributed by atoms with Gasteiger partial charge in [-0.15, -0.1) is 11.8 Å². The van der Waals surface area contributed by atoms with Crippen molar-refractivity contribution in [1.82, 2.24) is 4.98 Å². The SMILES string of the molecule is CSc1ccnc(Oc2ccc(C(=O)O)cc2)c1. The van der Waals surface area contributed by atoms with Crippen molar-refractivity contribution in [3.63, 3.8) is 0 Å². The number of hydrogen-bond acceptors (Lipinski definition) is 4. The molecular formula is C13H11NO3S. The van der Waals surface area contributed by atoms with E-state index in [2.05, 4.69) is 4.98 Å². The number of carbonyl (C=O) groups is 1. The molecule has 92 valence electrons. The number of nitrogens with zero attached hydrogens (tertiary/aromatic N) is 1. The molecule has 1 heterocycles. The first-order chi connectivity index (χ1) is 8.69. The molecule has 0 spiro atoms. The topological polar surface area (TPSA) is 59.4 Å². The van der Waals surface area contributed by atoms with Gasteiger partial charge in [0, 0.05) is 17.2 Å². The first-order valence-corrected chi connectivity index (χ1v) is 6.43. The fourth-order valence-electron chi connectivity index (χ4n) is 1.36. The predicted molar refractivity (Wildman–Crippen MR) is 69.5 cm³/mol. The quantitative estimate of drug-likeness (QED) is 0.856. The Hall–Kier alpha value is -2.01. The van der Waals surface area contributed by atoms with E-state index in [0.29, 0.717) is 11.6 Å². The molecule has 0 unspecified atom stereocenters. The summed E-state index contributed by atoms with van der Waals surface area (Å²) in [7, 11) is 0. The monoisotopic (exact) mass is 261 g/mol. The Morgan fingerprint density at radius 2 is 2.00 bits per heavy atom. The van der Waals surface area contributed by atoms with Gasteiger partial charge >= 0.3 is 5.97 Å². The van der Waals surface area contributed by atoms with Gasteiger partial charge in [0.2, 0.25) is 5.88 Å². The molecule has 0 saturated carbocycles. The minimum Gasteiger partial charge on any atom is -0.478 e. The lowest BCUT2D eigenvalue weighted by Gasteiger charge is -2.05. The molecule has 1 aromatic heterocycles. The van der Waals surface area contributed by atoms with Crippen molar-refractivity contribution >= 4 is 17.7 Å². The number of pyridine rings is 1. The number of carboxylic acids is 1. The van der Waals surface area contributed by atoms with Gasteiger partial charge in [0.15, 0.2) is 0 Å². The van der Waals surface area contributed by atoms with Gasteiger partial charge in [0.1, 0.15) is 5.75 Å². The molecule has 0 amide bonds. The Morgan fingerprint density at radius 3 is 2.61 bits per heavy atom. The normalized spacial score (nSPS) is 10.1. The smallest absolute Gasteiger partial charge is 0.335 e. The Morgan fingerprint density at radius 1 is 1.28 bits per heavy atom. The highest BCUT2D eigenvalue weighted by atomic mass is 32.2. The highest BCUT2D eigenvalue weighted by molar-refractivity contribution is 7.98. The summed E-state index contributed by atoms with van der Waals surface area (Å²) in [6.45, 7) is 0. The van der Waals surface area contributed by atoms with Crippen LogP contribution < -0.4 is 4.74 Å². The number of rotatable bonds is 4. The van der Waals surface area contributed by atoms with E-state index in [4.69, 9.17) is 9.84 Å². The zero-order valence-electron chi connectivity index (χ0n) is 9.66. The van der Waals surface area contributed by atoms with Crippen molar-refractivity contribution in [2.45, 2.75) is 4.90 Å². The van der Waals surface area contributed by atoms with Crippen molar-refractivity contribution < 1.29 is 14.6 Å². The molecular weight excluding hydrogens is 250 g/mol. The van der Waals surface area contributed by atoms with Gasteiger partial charge in [0.25, 0.3) is 0 Å². The van der Waals surface area contributed by atoms with E-state index in [1.165, 1.54) is 12.1 Å². The molecule has 0 aliphatic rings. The Labute approximate surface area is 109 Å². The van der Waals surface area contributed by atoms with Crippen LogP contribution in [-0.4, -0.2) is 22.3 Å². The average Bonchev–Trinajstić information content (AvgIpc) is 2.39. The minimum absolute atomic E-state index is 0.230. The van der Waals surface area contributed by atoms with Crippen LogP contribution in [0.4, 0.5) is 0 Å². The number of aromatic carboxylic acids is 1. The number of thioether (sulfide) groups is 1. The van der Waals surface area contributed by atoms with Crippen LogP contribution in [0.2, 0.25) is 0 Å². The standard InChI is InChI=1S/C13H11NO3S/c1-18-11-6-7-14-12(8-11)17-10-4-2-9(3-5-10)13(15)16/h2-8H,1H3,(H,15,16). The molecule has 1 aromatic carbocycles. The van der Waals surface area contributed by atoms with E-state index >= 15 is 0 Å². The summed E-state index contributed by atoms with van der Waals surface area (Å²) in [5.74, 6) is 0.0970. The maximum Gasteiger partial charge on any atom is 0.335 e. The molecule has 0 atom stereocenters. The molecule has 0 fully saturated rings. The van der Waals surface area contributed by atoms with E-state index in [0.717, 1.165) is 4.90 Å². The second kappa shape index (κ2) is 5.55. The first-order valence-electron chi connectivity index (χ1n) is 5.20. The van der Waals surface area contributed by atoms with Crippen LogP contribution in [0.5, 0.6) is 11.6 Å². The number of hydrogen-bond donors (Lipinski definition) is 1. The Bertz CT molecular complexity index is 554.